The second kappa shape index (κ2) is 8.54. The van der Waals surface area contributed by atoms with Crippen LogP contribution in [0.25, 0.3) is 0 Å². The van der Waals surface area contributed by atoms with E-state index in [-0.39, 0.29) is 24.4 Å². The van der Waals surface area contributed by atoms with Crippen LogP contribution in [0.2, 0.25) is 0 Å². The highest BCUT2D eigenvalue weighted by molar-refractivity contribution is 7.91. The standard InChI is InChI=1S/C20H26N2O3S2/c1-3-16-8-10-17(11-9-16)15(2)21-20(23)18-6-4-12-22(14-18)27(24,25)19-7-5-13-26-19/h5,7-11,13,15,18H,3-4,6,12,14H2,1-2H3,(H,21,23)/t15-,18-/m1/s1. The SMILES string of the molecule is CCc1ccc([C@@H](C)NC(=O)[C@@H]2CCCN(S(=O)(=O)c3cccs3)C2)cc1. The van der Waals surface area contributed by atoms with Gasteiger partial charge in [-0.3, -0.25) is 4.79 Å². The largest absolute Gasteiger partial charge is 0.349 e. The van der Waals surface area contributed by atoms with Gasteiger partial charge in [0.25, 0.3) is 10.0 Å². The van der Waals surface area contributed by atoms with Gasteiger partial charge in [-0.15, -0.1) is 11.3 Å². The molecule has 2 atom stereocenters. The summed E-state index contributed by atoms with van der Waals surface area (Å²) < 4.78 is 27.2. The number of nitrogens with one attached hydrogen (secondary N) is 1. The molecule has 0 unspecified atom stereocenters. The van der Waals surface area contributed by atoms with E-state index in [1.807, 2.05) is 19.1 Å². The Morgan fingerprint density at radius 2 is 2.04 bits per heavy atom. The first-order valence-corrected chi connectivity index (χ1v) is 11.7. The molecule has 0 radical (unpaired) electrons. The van der Waals surface area contributed by atoms with Gasteiger partial charge in [0.05, 0.1) is 12.0 Å². The smallest absolute Gasteiger partial charge is 0.252 e. The van der Waals surface area contributed by atoms with E-state index < -0.39 is 10.0 Å². The van der Waals surface area contributed by atoms with Crippen molar-refractivity contribution in [3.8, 4) is 0 Å². The minimum atomic E-state index is -3.50. The van der Waals surface area contributed by atoms with Crippen LogP contribution < -0.4 is 5.32 Å². The van der Waals surface area contributed by atoms with Crippen LogP contribution in [0.5, 0.6) is 0 Å². The molecule has 146 valence electrons. The Bertz CT molecular complexity index is 861. The maximum absolute atomic E-state index is 12.7. The number of hydrogen-bond acceptors (Lipinski definition) is 4. The van der Waals surface area contributed by atoms with Crippen LogP contribution in [0.4, 0.5) is 0 Å². The summed E-state index contributed by atoms with van der Waals surface area (Å²) in [5.41, 5.74) is 2.32. The van der Waals surface area contributed by atoms with E-state index in [9.17, 15) is 13.2 Å². The third-order valence-corrected chi connectivity index (χ3v) is 8.33. The molecule has 27 heavy (non-hydrogen) atoms. The van der Waals surface area contributed by atoms with E-state index in [1.54, 1.807) is 17.5 Å². The van der Waals surface area contributed by atoms with Gasteiger partial charge in [-0.05, 0) is 48.8 Å². The van der Waals surface area contributed by atoms with Crippen molar-refractivity contribution in [1.29, 1.82) is 0 Å². The molecule has 7 heteroatoms. The van der Waals surface area contributed by atoms with Crippen LogP contribution in [0.1, 0.15) is 43.9 Å². The molecule has 1 aromatic carbocycles. The fourth-order valence-electron chi connectivity index (χ4n) is 3.37. The molecular formula is C20H26N2O3S2. The maximum atomic E-state index is 12.7. The summed E-state index contributed by atoms with van der Waals surface area (Å²) in [5, 5.41) is 4.81. The van der Waals surface area contributed by atoms with E-state index in [1.165, 1.54) is 21.2 Å². The molecule has 1 aliphatic heterocycles. The van der Waals surface area contributed by atoms with Gasteiger partial charge in [-0.25, -0.2) is 8.42 Å². The molecule has 0 spiro atoms. The Hall–Kier alpha value is -1.70. The van der Waals surface area contributed by atoms with Crippen LogP contribution in [-0.4, -0.2) is 31.7 Å². The first-order chi connectivity index (χ1) is 12.9. The van der Waals surface area contributed by atoms with E-state index >= 15 is 0 Å². The molecule has 1 fully saturated rings. The van der Waals surface area contributed by atoms with Crippen molar-refractivity contribution in [2.45, 2.75) is 43.4 Å². The predicted molar refractivity (Wildman–Crippen MR) is 108 cm³/mol. The molecule has 1 amide bonds. The third kappa shape index (κ3) is 4.59. The molecule has 2 heterocycles. The number of carbonyl (C=O) groups is 1. The number of amides is 1. The summed E-state index contributed by atoms with van der Waals surface area (Å²) in [5.74, 6) is -0.390. The van der Waals surface area contributed by atoms with E-state index in [0.29, 0.717) is 23.6 Å². The molecule has 1 N–H and O–H groups in total. The lowest BCUT2D eigenvalue weighted by atomic mass is 9.97. The number of sulfonamides is 1. The number of benzene rings is 1. The van der Waals surface area contributed by atoms with Gasteiger partial charge in [-0.2, -0.15) is 4.31 Å². The van der Waals surface area contributed by atoms with Crippen molar-refractivity contribution in [1.82, 2.24) is 9.62 Å². The van der Waals surface area contributed by atoms with Crippen LogP contribution in [-0.2, 0) is 21.2 Å². The van der Waals surface area contributed by atoms with Gasteiger partial charge in [0, 0.05) is 13.1 Å². The molecule has 1 saturated heterocycles. The van der Waals surface area contributed by atoms with E-state index in [4.69, 9.17) is 0 Å². The quantitative estimate of drug-likeness (QED) is 0.797. The Kier molecular flexibility index (Phi) is 6.34. The summed E-state index contributed by atoms with van der Waals surface area (Å²) in [7, 11) is -3.50. The molecule has 1 aliphatic rings. The predicted octanol–water partition coefficient (Wildman–Crippen LogP) is 3.59. The van der Waals surface area contributed by atoms with Crippen LogP contribution >= 0.6 is 11.3 Å². The highest BCUT2D eigenvalue weighted by Crippen LogP contribution is 2.27. The Labute approximate surface area is 165 Å². The highest BCUT2D eigenvalue weighted by atomic mass is 32.2. The number of aryl methyl sites for hydroxylation is 1. The van der Waals surface area contributed by atoms with Crippen molar-refractivity contribution in [2.24, 2.45) is 5.92 Å². The zero-order valence-corrected chi connectivity index (χ0v) is 17.4. The third-order valence-electron chi connectivity index (χ3n) is 5.09. The summed E-state index contributed by atoms with van der Waals surface area (Å²) in [6.45, 7) is 4.78. The fourth-order valence-corrected chi connectivity index (χ4v) is 6.04. The summed E-state index contributed by atoms with van der Waals surface area (Å²) in [6, 6.07) is 11.5. The van der Waals surface area contributed by atoms with Gasteiger partial charge in [-0.1, -0.05) is 37.3 Å². The van der Waals surface area contributed by atoms with Crippen molar-refractivity contribution in [3.63, 3.8) is 0 Å². The number of nitrogens with zero attached hydrogens (tertiary/aromatic N) is 1. The maximum Gasteiger partial charge on any atom is 0.252 e. The summed E-state index contributed by atoms with van der Waals surface area (Å²) in [4.78, 5) is 12.7. The summed E-state index contributed by atoms with van der Waals surface area (Å²) in [6.07, 6.45) is 2.39. The summed E-state index contributed by atoms with van der Waals surface area (Å²) >= 11 is 1.21. The Morgan fingerprint density at radius 3 is 2.67 bits per heavy atom. The average molecular weight is 407 g/mol. The normalized spacial score (nSPS) is 19.6. The number of rotatable bonds is 6. The molecule has 1 aromatic heterocycles. The lowest BCUT2D eigenvalue weighted by Gasteiger charge is -2.31. The molecular weight excluding hydrogens is 380 g/mol. The second-order valence-electron chi connectivity index (χ2n) is 6.96. The molecule has 2 aromatic rings. The van der Waals surface area contributed by atoms with Gasteiger partial charge in [0.1, 0.15) is 4.21 Å². The van der Waals surface area contributed by atoms with Crippen molar-refractivity contribution in [2.75, 3.05) is 13.1 Å². The van der Waals surface area contributed by atoms with Gasteiger partial charge in [0.2, 0.25) is 5.91 Å². The monoisotopic (exact) mass is 406 g/mol. The van der Waals surface area contributed by atoms with Crippen molar-refractivity contribution < 1.29 is 13.2 Å². The molecule has 3 rings (SSSR count). The minimum Gasteiger partial charge on any atom is -0.349 e. The topological polar surface area (TPSA) is 66.5 Å². The number of carbonyl (C=O) groups excluding carboxylic acids is 1. The number of thiophene rings is 1. The molecule has 5 nitrogen and oxygen atoms in total. The Balaban J connectivity index is 1.64. The number of hydrogen-bond donors (Lipinski definition) is 1. The van der Waals surface area contributed by atoms with Crippen LogP contribution in [0, 0.1) is 5.92 Å². The molecule has 0 saturated carbocycles. The van der Waals surface area contributed by atoms with Crippen LogP contribution in [0.15, 0.2) is 46.0 Å². The fraction of sp³-hybridized carbons (Fsp3) is 0.450. The van der Waals surface area contributed by atoms with Crippen LogP contribution in [0.3, 0.4) is 0 Å². The average Bonchev–Trinajstić information content (AvgIpc) is 3.24. The van der Waals surface area contributed by atoms with E-state index in [0.717, 1.165) is 12.0 Å². The first-order valence-electron chi connectivity index (χ1n) is 9.34. The van der Waals surface area contributed by atoms with Gasteiger partial charge < -0.3 is 5.32 Å². The Morgan fingerprint density at radius 1 is 1.30 bits per heavy atom. The van der Waals surface area contributed by atoms with Crippen molar-refractivity contribution in [3.05, 3.63) is 52.9 Å². The highest BCUT2D eigenvalue weighted by Gasteiger charge is 2.34. The van der Waals surface area contributed by atoms with Crippen molar-refractivity contribution >= 4 is 27.3 Å². The minimum absolute atomic E-state index is 0.0758. The lowest BCUT2D eigenvalue weighted by Crippen LogP contribution is -2.45. The zero-order valence-electron chi connectivity index (χ0n) is 15.7. The van der Waals surface area contributed by atoms with E-state index in [2.05, 4.69) is 24.4 Å². The molecule has 0 aliphatic carbocycles. The lowest BCUT2D eigenvalue weighted by molar-refractivity contribution is -0.126. The second-order valence-corrected chi connectivity index (χ2v) is 10.1. The van der Waals surface area contributed by atoms with Gasteiger partial charge in [0.15, 0.2) is 0 Å². The first kappa shape index (κ1) is 20.0. The zero-order chi connectivity index (χ0) is 19.4. The van der Waals surface area contributed by atoms with Gasteiger partial charge >= 0.3 is 0 Å². The molecule has 0 bridgehead atoms. The number of piperidine rings is 1.